The molecular weight excluding hydrogens is 397 g/mol. The van der Waals surface area contributed by atoms with Crippen molar-refractivity contribution in [2.45, 2.75) is 25.8 Å². The molecule has 150 valence electrons. The Labute approximate surface area is 175 Å². The summed E-state index contributed by atoms with van der Waals surface area (Å²) in [5.74, 6) is -0.0776. The number of hydrogen-bond acceptors (Lipinski definition) is 4. The predicted octanol–water partition coefficient (Wildman–Crippen LogP) is 3.08. The van der Waals surface area contributed by atoms with Gasteiger partial charge in [0.2, 0.25) is 0 Å². The minimum absolute atomic E-state index is 0.0776. The average Bonchev–Trinajstić information content (AvgIpc) is 3.15. The highest BCUT2D eigenvalue weighted by Gasteiger charge is 2.20. The fourth-order valence-corrected chi connectivity index (χ4v) is 4.31. The molecule has 3 heterocycles. The molecule has 0 spiro atoms. The van der Waals surface area contributed by atoms with Gasteiger partial charge in [-0.05, 0) is 37.5 Å². The lowest BCUT2D eigenvalue weighted by Crippen LogP contribution is -2.48. The maximum Gasteiger partial charge on any atom is 0.271 e. The molecule has 0 aliphatic carbocycles. The highest BCUT2D eigenvalue weighted by molar-refractivity contribution is 6.43. The maximum atomic E-state index is 12.4. The number of hydrogen-bond donors (Lipinski definition) is 1. The molecule has 1 amide bonds. The number of rotatable bonds is 5. The number of nitrogens with one attached hydrogen (secondary N) is 1. The van der Waals surface area contributed by atoms with Crippen LogP contribution in [-0.4, -0.2) is 59.9 Å². The third kappa shape index (κ3) is 4.29. The van der Waals surface area contributed by atoms with E-state index in [1.807, 2.05) is 28.9 Å². The van der Waals surface area contributed by atoms with Gasteiger partial charge >= 0.3 is 0 Å². The predicted molar refractivity (Wildman–Crippen MR) is 113 cm³/mol. The van der Waals surface area contributed by atoms with Crippen LogP contribution in [0.5, 0.6) is 0 Å². The standard InChI is InChI=1S/C20H25Cl2N5O/c21-16-5-3-6-18(19(16)22)26-12-10-25(11-13-26)9-7-23-20(28)17-14-15-4-1-2-8-27(15)24-17/h3,5-6,14H,1-2,4,7-13H2,(H,23,28). The molecule has 0 radical (unpaired) electrons. The molecule has 0 saturated carbocycles. The number of nitrogens with zero attached hydrogens (tertiary/aromatic N) is 4. The molecule has 0 bridgehead atoms. The molecular formula is C20H25Cl2N5O. The van der Waals surface area contributed by atoms with Crippen LogP contribution in [0.2, 0.25) is 10.0 Å². The summed E-state index contributed by atoms with van der Waals surface area (Å²) in [6.45, 7) is 6.01. The summed E-state index contributed by atoms with van der Waals surface area (Å²) in [6, 6.07) is 7.68. The zero-order valence-electron chi connectivity index (χ0n) is 15.8. The normalized spacial score (nSPS) is 17.4. The summed E-state index contributed by atoms with van der Waals surface area (Å²) in [5.41, 5.74) is 2.70. The second-order valence-corrected chi connectivity index (χ2v) is 8.14. The maximum absolute atomic E-state index is 12.4. The molecule has 1 fully saturated rings. The van der Waals surface area contributed by atoms with Gasteiger partial charge in [0, 0.05) is 51.5 Å². The van der Waals surface area contributed by atoms with Crippen LogP contribution in [0.3, 0.4) is 0 Å². The first kappa shape index (κ1) is 19.6. The summed E-state index contributed by atoms with van der Waals surface area (Å²) < 4.78 is 1.97. The molecule has 1 aromatic heterocycles. The van der Waals surface area contributed by atoms with Gasteiger partial charge in [-0.15, -0.1) is 0 Å². The number of halogens is 2. The second kappa shape index (κ2) is 8.72. The van der Waals surface area contributed by atoms with Crippen LogP contribution in [0, 0.1) is 0 Å². The molecule has 8 heteroatoms. The summed E-state index contributed by atoms with van der Waals surface area (Å²) in [5, 5.41) is 8.65. The van der Waals surface area contributed by atoms with Crippen LogP contribution >= 0.6 is 23.2 Å². The average molecular weight is 422 g/mol. The van der Waals surface area contributed by atoms with Gasteiger partial charge in [0.15, 0.2) is 0 Å². The number of aromatic nitrogens is 2. The minimum Gasteiger partial charge on any atom is -0.368 e. The molecule has 0 unspecified atom stereocenters. The molecule has 1 N–H and O–H groups in total. The monoisotopic (exact) mass is 421 g/mol. The highest BCUT2D eigenvalue weighted by atomic mass is 35.5. The SMILES string of the molecule is O=C(NCCN1CCN(c2cccc(Cl)c2Cl)CC1)c1cc2n(n1)CCCC2. The van der Waals surface area contributed by atoms with Crippen molar-refractivity contribution < 1.29 is 4.79 Å². The zero-order chi connectivity index (χ0) is 19.5. The van der Waals surface area contributed by atoms with Gasteiger partial charge in [0.25, 0.3) is 5.91 Å². The fraction of sp³-hybridized carbons (Fsp3) is 0.500. The Bertz CT molecular complexity index is 822. The molecule has 2 aliphatic rings. The lowest BCUT2D eigenvalue weighted by molar-refractivity contribution is 0.0942. The van der Waals surface area contributed by atoms with Crippen LogP contribution < -0.4 is 10.2 Å². The van der Waals surface area contributed by atoms with E-state index in [4.69, 9.17) is 23.2 Å². The fourth-order valence-electron chi connectivity index (χ4n) is 3.90. The first-order valence-corrected chi connectivity index (χ1v) is 10.6. The van der Waals surface area contributed by atoms with E-state index < -0.39 is 0 Å². The number of piperazine rings is 1. The Kier molecular flexibility index (Phi) is 6.09. The van der Waals surface area contributed by atoms with Crippen LogP contribution in [0.1, 0.15) is 29.0 Å². The number of benzene rings is 1. The van der Waals surface area contributed by atoms with Crippen molar-refractivity contribution in [3.8, 4) is 0 Å². The number of fused-ring (bicyclic) bond motifs is 1. The third-order valence-electron chi connectivity index (χ3n) is 5.51. The molecule has 2 aromatic rings. The quantitative estimate of drug-likeness (QED) is 0.805. The van der Waals surface area contributed by atoms with E-state index in [0.717, 1.165) is 57.8 Å². The van der Waals surface area contributed by atoms with Crippen LogP contribution in [-0.2, 0) is 13.0 Å². The summed E-state index contributed by atoms with van der Waals surface area (Å²) in [4.78, 5) is 17.0. The van der Waals surface area contributed by atoms with E-state index >= 15 is 0 Å². The van der Waals surface area contributed by atoms with E-state index in [0.29, 0.717) is 22.3 Å². The summed E-state index contributed by atoms with van der Waals surface area (Å²) in [7, 11) is 0. The summed E-state index contributed by atoms with van der Waals surface area (Å²) >= 11 is 12.5. The largest absolute Gasteiger partial charge is 0.368 e. The smallest absolute Gasteiger partial charge is 0.271 e. The minimum atomic E-state index is -0.0776. The second-order valence-electron chi connectivity index (χ2n) is 7.36. The molecule has 28 heavy (non-hydrogen) atoms. The van der Waals surface area contributed by atoms with Crippen molar-refractivity contribution in [1.29, 1.82) is 0 Å². The molecule has 4 rings (SSSR count). The topological polar surface area (TPSA) is 53.4 Å². The number of aryl methyl sites for hydroxylation is 2. The van der Waals surface area contributed by atoms with Crippen LogP contribution in [0.4, 0.5) is 5.69 Å². The molecule has 2 aliphatic heterocycles. The molecule has 0 atom stereocenters. The van der Waals surface area contributed by atoms with Crippen molar-refractivity contribution in [2.24, 2.45) is 0 Å². The Morgan fingerprint density at radius 2 is 1.93 bits per heavy atom. The van der Waals surface area contributed by atoms with Crippen molar-refractivity contribution in [2.75, 3.05) is 44.2 Å². The first-order valence-electron chi connectivity index (χ1n) is 9.88. The van der Waals surface area contributed by atoms with E-state index in [1.165, 1.54) is 12.1 Å². The highest BCUT2D eigenvalue weighted by Crippen LogP contribution is 2.32. The Morgan fingerprint density at radius 1 is 1.11 bits per heavy atom. The Balaban J connectivity index is 1.23. The molecule has 1 saturated heterocycles. The van der Waals surface area contributed by atoms with Crippen LogP contribution in [0.15, 0.2) is 24.3 Å². The Hall–Kier alpha value is -1.76. The zero-order valence-corrected chi connectivity index (χ0v) is 17.3. The third-order valence-corrected chi connectivity index (χ3v) is 6.32. The van der Waals surface area contributed by atoms with Crippen molar-refractivity contribution >= 4 is 34.8 Å². The van der Waals surface area contributed by atoms with Gasteiger partial charge in [-0.25, -0.2) is 0 Å². The molecule has 6 nitrogen and oxygen atoms in total. The van der Waals surface area contributed by atoms with E-state index in [9.17, 15) is 4.79 Å². The lowest BCUT2D eigenvalue weighted by atomic mass is 10.1. The van der Waals surface area contributed by atoms with Crippen LogP contribution in [0.25, 0.3) is 0 Å². The number of anilines is 1. The van der Waals surface area contributed by atoms with Gasteiger partial charge in [0.1, 0.15) is 5.69 Å². The molecule has 1 aromatic carbocycles. The summed E-state index contributed by atoms with van der Waals surface area (Å²) in [6.07, 6.45) is 3.34. The van der Waals surface area contributed by atoms with Gasteiger partial charge in [-0.2, -0.15) is 5.10 Å². The lowest BCUT2D eigenvalue weighted by Gasteiger charge is -2.36. The van der Waals surface area contributed by atoms with E-state index in [-0.39, 0.29) is 5.91 Å². The number of amides is 1. The van der Waals surface area contributed by atoms with Crippen molar-refractivity contribution in [1.82, 2.24) is 20.0 Å². The van der Waals surface area contributed by atoms with Crippen molar-refractivity contribution in [3.63, 3.8) is 0 Å². The first-order chi connectivity index (χ1) is 13.6. The van der Waals surface area contributed by atoms with Crippen molar-refractivity contribution in [3.05, 3.63) is 45.7 Å². The number of carbonyl (C=O) groups is 1. The van der Waals surface area contributed by atoms with E-state index in [2.05, 4.69) is 20.2 Å². The number of carbonyl (C=O) groups excluding carboxylic acids is 1. The van der Waals surface area contributed by atoms with Gasteiger partial charge in [-0.1, -0.05) is 29.3 Å². The van der Waals surface area contributed by atoms with Gasteiger partial charge in [0.05, 0.1) is 15.7 Å². The van der Waals surface area contributed by atoms with Gasteiger partial charge < -0.3 is 10.2 Å². The van der Waals surface area contributed by atoms with Gasteiger partial charge in [-0.3, -0.25) is 14.4 Å². The Morgan fingerprint density at radius 3 is 2.71 bits per heavy atom. The van der Waals surface area contributed by atoms with E-state index in [1.54, 1.807) is 0 Å².